The number of carbonyl (C=O) groups is 1. The molecule has 0 unspecified atom stereocenters. The summed E-state index contributed by atoms with van der Waals surface area (Å²) in [6.45, 7) is 7.51. The molecule has 2 fully saturated rings. The van der Waals surface area contributed by atoms with Crippen molar-refractivity contribution < 1.29 is 9.53 Å². The van der Waals surface area contributed by atoms with Gasteiger partial charge in [0.1, 0.15) is 5.75 Å². The fourth-order valence-corrected chi connectivity index (χ4v) is 4.69. The lowest BCUT2D eigenvalue weighted by atomic mass is 9.94. The number of amides is 1. The minimum Gasteiger partial charge on any atom is -0.497 e. The van der Waals surface area contributed by atoms with E-state index in [4.69, 9.17) is 4.74 Å². The molecule has 7 nitrogen and oxygen atoms in total. The minimum absolute atomic E-state index is 0.0167. The number of methoxy groups -OCH3 is 1. The first kappa shape index (κ1) is 22.5. The molecule has 0 bridgehead atoms. The summed E-state index contributed by atoms with van der Waals surface area (Å²) in [6, 6.07) is 10.2. The van der Waals surface area contributed by atoms with Gasteiger partial charge in [-0.05, 0) is 75.4 Å². The van der Waals surface area contributed by atoms with Crippen LogP contribution in [0.15, 0.2) is 36.5 Å². The third-order valence-electron chi connectivity index (χ3n) is 6.69. The van der Waals surface area contributed by atoms with E-state index in [2.05, 4.69) is 37.2 Å². The molecule has 2 saturated heterocycles. The molecule has 1 N–H and O–H groups in total. The standard InChI is InChI=1S/C25H35N5O2/c1-19-9-12-26-25(28-19)30-13-3-4-22(18-30)24(31)27-16-20-10-14-29(15-11-20)17-21-5-7-23(32-2)8-6-21/h5-9,12,20,22H,3-4,10-11,13-18H2,1-2H3,(H,27,31)/t22-/m0/s1. The van der Waals surface area contributed by atoms with Crippen molar-refractivity contribution in [3.63, 3.8) is 0 Å². The van der Waals surface area contributed by atoms with Crippen molar-refractivity contribution in [2.24, 2.45) is 11.8 Å². The zero-order valence-electron chi connectivity index (χ0n) is 19.3. The highest BCUT2D eigenvalue weighted by Crippen LogP contribution is 2.22. The van der Waals surface area contributed by atoms with Crippen LogP contribution in [0.1, 0.15) is 36.9 Å². The molecular weight excluding hydrogens is 402 g/mol. The van der Waals surface area contributed by atoms with Crippen molar-refractivity contribution in [1.82, 2.24) is 20.2 Å². The van der Waals surface area contributed by atoms with E-state index in [1.807, 2.05) is 25.1 Å². The van der Waals surface area contributed by atoms with Gasteiger partial charge >= 0.3 is 0 Å². The largest absolute Gasteiger partial charge is 0.497 e. The van der Waals surface area contributed by atoms with E-state index in [1.54, 1.807) is 13.3 Å². The second-order valence-corrected chi connectivity index (χ2v) is 9.10. The van der Waals surface area contributed by atoms with Gasteiger partial charge in [0.15, 0.2) is 0 Å². The molecular formula is C25H35N5O2. The van der Waals surface area contributed by atoms with Crippen LogP contribution in [0.2, 0.25) is 0 Å². The maximum absolute atomic E-state index is 12.8. The molecule has 7 heteroatoms. The highest BCUT2D eigenvalue weighted by atomic mass is 16.5. The smallest absolute Gasteiger partial charge is 0.225 e. The number of aryl methyl sites for hydroxylation is 1. The Hall–Kier alpha value is -2.67. The van der Waals surface area contributed by atoms with Gasteiger partial charge in [-0.2, -0.15) is 0 Å². The van der Waals surface area contributed by atoms with E-state index in [-0.39, 0.29) is 11.8 Å². The fourth-order valence-electron chi connectivity index (χ4n) is 4.69. The number of piperidine rings is 2. The van der Waals surface area contributed by atoms with Crippen molar-refractivity contribution in [3.8, 4) is 5.75 Å². The Morgan fingerprint density at radius 1 is 1.12 bits per heavy atom. The highest BCUT2D eigenvalue weighted by Gasteiger charge is 2.28. The predicted octanol–water partition coefficient (Wildman–Crippen LogP) is 3.04. The number of aromatic nitrogens is 2. The van der Waals surface area contributed by atoms with E-state index in [0.29, 0.717) is 12.5 Å². The van der Waals surface area contributed by atoms with Crippen LogP contribution in [0.25, 0.3) is 0 Å². The number of nitrogens with one attached hydrogen (secondary N) is 1. The van der Waals surface area contributed by atoms with Gasteiger partial charge in [0.05, 0.1) is 13.0 Å². The van der Waals surface area contributed by atoms with Crippen molar-refractivity contribution in [1.29, 1.82) is 0 Å². The van der Waals surface area contributed by atoms with E-state index in [1.165, 1.54) is 5.56 Å². The average molecular weight is 438 g/mol. The van der Waals surface area contributed by atoms with Gasteiger partial charge in [0.25, 0.3) is 0 Å². The quantitative estimate of drug-likeness (QED) is 0.718. The normalized spacial score (nSPS) is 20.2. The molecule has 1 amide bonds. The first-order valence-electron chi connectivity index (χ1n) is 11.8. The Kier molecular flexibility index (Phi) is 7.58. The Morgan fingerprint density at radius 2 is 1.91 bits per heavy atom. The lowest BCUT2D eigenvalue weighted by Crippen LogP contribution is -2.45. The summed E-state index contributed by atoms with van der Waals surface area (Å²) in [5.41, 5.74) is 2.27. The SMILES string of the molecule is COc1ccc(CN2CCC(CNC(=O)[C@H]3CCCN(c4nccc(C)n4)C3)CC2)cc1. The molecule has 2 aromatic rings. The molecule has 172 valence electrons. The van der Waals surface area contributed by atoms with Crippen molar-refractivity contribution >= 4 is 11.9 Å². The number of hydrogen-bond donors (Lipinski definition) is 1. The summed E-state index contributed by atoms with van der Waals surface area (Å²) >= 11 is 0. The van der Waals surface area contributed by atoms with Gasteiger partial charge in [-0.3, -0.25) is 9.69 Å². The Balaban J connectivity index is 1.19. The van der Waals surface area contributed by atoms with Crippen LogP contribution >= 0.6 is 0 Å². The third kappa shape index (κ3) is 5.97. The topological polar surface area (TPSA) is 70.6 Å². The maximum Gasteiger partial charge on any atom is 0.225 e. The van der Waals surface area contributed by atoms with Crippen LogP contribution in [0.4, 0.5) is 5.95 Å². The van der Waals surface area contributed by atoms with Crippen molar-refractivity contribution in [2.75, 3.05) is 44.7 Å². The van der Waals surface area contributed by atoms with Crippen molar-refractivity contribution in [2.45, 2.75) is 39.2 Å². The van der Waals surface area contributed by atoms with Gasteiger partial charge in [0, 0.05) is 38.1 Å². The number of benzene rings is 1. The zero-order valence-corrected chi connectivity index (χ0v) is 19.3. The summed E-state index contributed by atoms with van der Waals surface area (Å²) in [7, 11) is 1.70. The van der Waals surface area contributed by atoms with Gasteiger partial charge in [-0.25, -0.2) is 9.97 Å². The number of carbonyl (C=O) groups excluding carboxylic acids is 1. The summed E-state index contributed by atoms with van der Waals surface area (Å²) < 4.78 is 5.24. The molecule has 0 spiro atoms. The Morgan fingerprint density at radius 3 is 2.62 bits per heavy atom. The minimum atomic E-state index is 0.0167. The van der Waals surface area contributed by atoms with E-state index < -0.39 is 0 Å². The molecule has 0 aliphatic carbocycles. The molecule has 2 aliphatic heterocycles. The van der Waals surface area contributed by atoms with Gasteiger partial charge in [-0.15, -0.1) is 0 Å². The van der Waals surface area contributed by atoms with Crippen LogP contribution in [-0.2, 0) is 11.3 Å². The van der Waals surface area contributed by atoms with Crippen molar-refractivity contribution in [3.05, 3.63) is 47.8 Å². The lowest BCUT2D eigenvalue weighted by Gasteiger charge is -2.34. The summed E-state index contributed by atoms with van der Waals surface area (Å²) in [4.78, 5) is 26.4. The van der Waals surface area contributed by atoms with E-state index in [9.17, 15) is 4.79 Å². The van der Waals surface area contributed by atoms with Gasteiger partial charge in [-0.1, -0.05) is 12.1 Å². The predicted molar refractivity (Wildman–Crippen MR) is 126 cm³/mol. The molecule has 2 aliphatic rings. The van der Waals surface area contributed by atoms with Crippen LogP contribution in [0.5, 0.6) is 5.75 Å². The Bertz CT molecular complexity index is 880. The van der Waals surface area contributed by atoms with E-state index >= 15 is 0 Å². The molecule has 1 atom stereocenters. The second kappa shape index (κ2) is 10.8. The first-order chi connectivity index (χ1) is 15.6. The maximum atomic E-state index is 12.8. The number of likely N-dealkylation sites (tertiary alicyclic amines) is 1. The highest BCUT2D eigenvalue weighted by molar-refractivity contribution is 5.79. The van der Waals surface area contributed by atoms with Gasteiger partial charge < -0.3 is 15.0 Å². The molecule has 1 aromatic heterocycles. The number of hydrogen-bond acceptors (Lipinski definition) is 6. The van der Waals surface area contributed by atoms with Crippen LogP contribution in [0.3, 0.4) is 0 Å². The second-order valence-electron chi connectivity index (χ2n) is 9.10. The molecule has 32 heavy (non-hydrogen) atoms. The average Bonchev–Trinajstić information content (AvgIpc) is 2.84. The van der Waals surface area contributed by atoms with Crippen LogP contribution < -0.4 is 15.0 Å². The Labute approximate surface area is 191 Å². The summed E-state index contributed by atoms with van der Waals surface area (Å²) in [5.74, 6) is 2.40. The third-order valence-corrected chi connectivity index (χ3v) is 6.69. The molecule has 1 aromatic carbocycles. The molecule has 3 heterocycles. The zero-order chi connectivity index (χ0) is 22.3. The molecule has 0 radical (unpaired) electrons. The van der Waals surface area contributed by atoms with Crippen LogP contribution in [-0.4, -0.2) is 60.6 Å². The van der Waals surface area contributed by atoms with Gasteiger partial charge in [0.2, 0.25) is 11.9 Å². The molecule has 4 rings (SSSR count). The monoisotopic (exact) mass is 437 g/mol. The lowest BCUT2D eigenvalue weighted by molar-refractivity contribution is -0.125. The van der Waals surface area contributed by atoms with Crippen LogP contribution in [0, 0.1) is 18.8 Å². The number of rotatable bonds is 7. The first-order valence-corrected chi connectivity index (χ1v) is 11.8. The number of anilines is 1. The summed E-state index contributed by atoms with van der Waals surface area (Å²) in [6.07, 6.45) is 5.99. The van der Waals surface area contributed by atoms with E-state index in [0.717, 1.165) is 75.8 Å². The number of nitrogens with zero attached hydrogens (tertiary/aromatic N) is 4. The fraction of sp³-hybridized carbons (Fsp3) is 0.560. The number of ether oxygens (including phenoxy) is 1. The molecule has 0 saturated carbocycles. The summed E-state index contributed by atoms with van der Waals surface area (Å²) in [5, 5.41) is 3.24.